The highest BCUT2D eigenvalue weighted by Gasteiger charge is 2.18. The molecule has 0 atom stereocenters. The zero-order valence-corrected chi connectivity index (χ0v) is 10.3. The highest BCUT2D eigenvalue weighted by Crippen LogP contribution is 2.25. The smallest absolute Gasteiger partial charge is 0.341 e. The molecule has 19 heavy (non-hydrogen) atoms. The van der Waals surface area contributed by atoms with E-state index in [9.17, 15) is 13.6 Å². The molecule has 1 N–H and O–H groups in total. The molecule has 2 aromatic rings. The van der Waals surface area contributed by atoms with Gasteiger partial charge >= 0.3 is 5.97 Å². The lowest BCUT2D eigenvalue weighted by Crippen LogP contribution is -2.10. The molecule has 5 nitrogen and oxygen atoms in total. The number of hydrogen-bond acceptors (Lipinski definition) is 3. The Hall–Kier alpha value is -2.18. The van der Waals surface area contributed by atoms with Crippen LogP contribution in [-0.2, 0) is 0 Å². The van der Waals surface area contributed by atoms with Crippen molar-refractivity contribution in [3.63, 3.8) is 0 Å². The van der Waals surface area contributed by atoms with Gasteiger partial charge in [0, 0.05) is 18.5 Å². The van der Waals surface area contributed by atoms with Gasteiger partial charge in [-0.05, 0) is 13.8 Å². The molecule has 0 spiro atoms. The van der Waals surface area contributed by atoms with Crippen molar-refractivity contribution >= 4 is 11.6 Å². The van der Waals surface area contributed by atoms with Gasteiger partial charge in [0.15, 0.2) is 0 Å². The summed E-state index contributed by atoms with van der Waals surface area (Å²) in [6.45, 7) is 3.48. The number of carbonyl (C=O) groups is 1. The summed E-state index contributed by atoms with van der Waals surface area (Å²) in [6.07, 6.45) is -0.618. The maximum absolute atomic E-state index is 12.6. The van der Waals surface area contributed by atoms with Crippen molar-refractivity contribution in [2.75, 3.05) is 0 Å². The monoisotopic (exact) mass is 270 g/mol. The molecule has 0 bridgehead atoms. The van der Waals surface area contributed by atoms with Crippen LogP contribution in [0, 0.1) is 0 Å². The van der Waals surface area contributed by atoms with E-state index < -0.39 is 18.1 Å². The predicted molar refractivity (Wildman–Crippen MR) is 62.9 cm³/mol. The molecular formula is C12H12F2N2O3. The number of aromatic nitrogens is 2. The third kappa shape index (κ3) is 2.64. The van der Waals surface area contributed by atoms with E-state index in [1.54, 1.807) is 13.8 Å². The summed E-state index contributed by atoms with van der Waals surface area (Å²) in [5, 5.41) is 9.09. The molecule has 102 valence electrons. The highest BCUT2D eigenvalue weighted by molar-refractivity contribution is 5.91. The number of pyridine rings is 1. The first-order valence-corrected chi connectivity index (χ1v) is 5.59. The van der Waals surface area contributed by atoms with Gasteiger partial charge in [0.2, 0.25) is 0 Å². The van der Waals surface area contributed by atoms with Crippen molar-refractivity contribution in [1.82, 2.24) is 9.38 Å². The topological polar surface area (TPSA) is 63.8 Å². The first kappa shape index (κ1) is 13.3. The van der Waals surface area contributed by atoms with Crippen LogP contribution in [0.25, 0.3) is 5.65 Å². The van der Waals surface area contributed by atoms with E-state index in [0.717, 1.165) is 6.20 Å². The summed E-state index contributed by atoms with van der Waals surface area (Å²) in [7, 11) is 0. The molecular weight excluding hydrogens is 258 g/mol. The van der Waals surface area contributed by atoms with Crippen LogP contribution >= 0.6 is 0 Å². The minimum absolute atomic E-state index is 0.0978. The second-order valence-corrected chi connectivity index (χ2v) is 4.26. The molecule has 2 aromatic heterocycles. The van der Waals surface area contributed by atoms with Crippen LogP contribution in [0.1, 0.15) is 36.3 Å². The molecule has 7 heteroatoms. The number of hydrogen-bond donors (Lipinski definition) is 1. The van der Waals surface area contributed by atoms with E-state index in [1.807, 2.05) is 0 Å². The molecule has 2 rings (SSSR count). The number of ether oxygens (including phenoxy) is 1. The zero-order chi connectivity index (χ0) is 14.2. The van der Waals surface area contributed by atoms with E-state index >= 15 is 0 Å². The highest BCUT2D eigenvalue weighted by atomic mass is 19.3. The Morgan fingerprint density at radius 1 is 1.42 bits per heavy atom. The van der Waals surface area contributed by atoms with Crippen LogP contribution in [0.2, 0.25) is 0 Å². The average Bonchev–Trinajstić information content (AvgIpc) is 2.69. The Morgan fingerprint density at radius 3 is 2.63 bits per heavy atom. The summed E-state index contributed by atoms with van der Waals surface area (Å²) < 4.78 is 31.7. The van der Waals surface area contributed by atoms with Gasteiger partial charge in [-0.15, -0.1) is 0 Å². The van der Waals surface area contributed by atoms with Crippen LogP contribution in [0.4, 0.5) is 8.78 Å². The lowest BCUT2D eigenvalue weighted by atomic mass is 10.2. The van der Waals surface area contributed by atoms with Crippen molar-refractivity contribution in [2.45, 2.75) is 26.4 Å². The molecule has 0 unspecified atom stereocenters. The molecule has 0 aliphatic carbocycles. The Labute approximate surface area is 107 Å². The van der Waals surface area contributed by atoms with Crippen LogP contribution in [0.15, 0.2) is 18.5 Å². The first-order chi connectivity index (χ1) is 8.88. The molecule has 0 saturated carbocycles. The van der Waals surface area contributed by atoms with E-state index in [-0.39, 0.29) is 23.1 Å². The number of aromatic carboxylic acids is 1. The molecule has 0 aliphatic rings. The average molecular weight is 270 g/mol. The molecule has 0 radical (unpaired) electrons. The number of alkyl halides is 2. The number of carboxylic acids is 1. The van der Waals surface area contributed by atoms with E-state index in [2.05, 4.69) is 4.98 Å². The van der Waals surface area contributed by atoms with Crippen LogP contribution < -0.4 is 4.74 Å². The third-order valence-corrected chi connectivity index (χ3v) is 2.39. The molecule has 0 fully saturated rings. The lowest BCUT2D eigenvalue weighted by Gasteiger charge is -2.12. The fraction of sp³-hybridized carbons (Fsp3) is 0.333. The normalized spacial score (nSPS) is 11.5. The zero-order valence-electron chi connectivity index (χ0n) is 10.3. The van der Waals surface area contributed by atoms with Gasteiger partial charge in [0.1, 0.15) is 22.7 Å². The minimum Gasteiger partial charge on any atom is -0.490 e. The van der Waals surface area contributed by atoms with E-state index in [4.69, 9.17) is 9.84 Å². The Bertz CT molecular complexity index is 623. The standard InChI is InChI=1S/C12H12F2N2O3/c1-6(2)19-9-3-10-15-8(11(13)14)5-16(10)4-7(9)12(17)18/h3-6,11H,1-2H3,(H,17,18). The molecule has 0 aliphatic heterocycles. The number of fused-ring (bicyclic) bond motifs is 1. The number of carboxylic acid groups (broad SMARTS) is 1. The van der Waals surface area contributed by atoms with Gasteiger partial charge in [-0.3, -0.25) is 0 Å². The van der Waals surface area contributed by atoms with Crippen molar-refractivity contribution in [3.8, 4) is 5.75 Å². The van der Waals surface area contributed by atoms with Gasteiger partial charge < -0.3 is 14.2 Å². The predicted octanol–water partition coefficient (Wildman–Crippen LogP) is 2.76. The van der Waals surface area contributed by atoms with Gasteiger partial charge in [-0.25, -0.2) is 18.6 Å². The number of imidazole rings is 1. The van der Waals surface area contributed by atoms with E-state index in [0.29, 0.717) is 0 Å². The number of nitrogens with zero attached hydrogens (tertiary/aromatic N) is 2. The van der Waals surface area contributed by atoms with Crippen molar-refractivity contribution in [2.24, 2.45) is 0 Å². The maximum atomic E-state index is 12.6. The molecule has 0 amide bonds. The summed E-state index contributed by atoms with van der Waals surface area (Å²) in [4.78, 5) is 14.8. The van der Waals surface area contributed by atoms with Gasteiger partial charge in [0.05, 0.1) is 6.10 Å². The molecule has 2 heterocycles. The van der Waals surface area contributed by atoms with E-state index in [1.165, 1.54) is 16.7 Å². The van der Waals surface area contributed by atoms with Crippen molar-refractivity contribution in [1.29, 1.82) is 0 Å². The molecule has 0 aromatic carbocycles. The quantitative estimate of drug-likeness (QED) is 0.927. The van der Waals surface area contributed by atoms with Crippen molar-refractivity contribution < 1.29 is 23.4 Å². The second-order valence-electron chi connectivity index (χ2n) is 4.26. The SMILES string of the molecule is CC(C)Oc1cc2nc(C(F)F)cn2cc1C(=O)O. The fourth-order valence-electron chi connectivity index (χ4n) is 1.65. The van der Waals surface area contributed by atoms with Crippen LogP contribution in [0.3, 0.4) is 0 Å². The summed E-state index contributed by atoms with van der Waals surface area (Å²) in [5.74, 6) is -1.08. The maximum Gasteiger partial charge on any atom is 0.341 e. The number of halogens is 2. The summed E-state index contributed by atoms with van der Waals surface area (Å²) in [6, 6.07) is 1.34. The largest absolute Gasteiger partial charge is 0.490 e. The van der Waals surface area contributed by atoms with Gasteiger partial charge in [-0.2, -0.15) is 0 Å². The summed E-state index contributed by atoms with van der Waals surface area (Å²) >= 11 is 0. The van der Waals surface area contributed by atoms with Gasteiger partial charge in [-0.1, -0.05) is 0 Å². The van der Waals surface area contributed by atoms with Crippen LogP contribution in [-0.4, -0.2) is 26.6 Å². The third-order valence-electron chi connectivity index (χ3n) is 2.39. The Morgan fingerprint density at radius 2 is 2.11 bits per heavy atom. The van der Waals surface area contributed by atoms with Gasteiger partial charge in [0.25, 0.3) is 6.43 Å². The van der Waals surface area contributed by atoms with Crippen molar-refractivity contribution in [3.05, 3.63) is 29.7 Å². The Kier molecular flexibility index (Phi) is 3.37. The van der Waals surface area contributed by atoms with Crippen LogP contribution in [0.5, 0.6) is 5.75 Å². The summed E-state index contributed by atoms with van der Waals surface area (Å²) in [5.41, 5.74) is -0.284. The fourth-order valence-corrected chi connectivity index (χ4v) is 1.65. The second kappa shape index (κ2) is 4.83. The minimum atomic E-state index is -2.71. The lowest BCUT2D eigenvalue weighted by molar-refractivity contribution is 0.0690. The Balaban J connectivity index is 2.59. The number of rotatable bonds is 4. The first-order valence-electron chi connectivity index (χ1n) is 5.59. The molecule has 0 saturated heterocycles.